The number of oxime groups is 1. The molecule has 2 rings (SSSR count). The SMILES string of the molecule is C[C@H]1CC(c2ccccc2)=NO[C@H]1O[Si](C)(C)C. The molecule has 1 aromatic rings. The van der Waals surface area contributed by atoms with Crippen molar-refractivity contribution in [3.63, 3.8) is 0 Å². The standard InChI is InChI=1S/C14H21NO2Si/c1-11-10-13(12-8-6-5-7-9-12)15-16-14(11)17-18(2,3)4/h5-9,11,14H,10H2,1-4H3/t11-,14-/m0/s1. The van der Waals surface area contributed by atoms with Gasteiger partial charge in [-0.25, -0.2) is 0 Å². The van der Waals surface area contributed by atoms with Crippen molar-refractivity contribution in [2.24, 2.45) is 11.1 Å². The van der Waals surface area contributed by atoms with Crippen LogP contribution >= 0.6 is 0 Å². The van der Waals surface area contributed by atoms with Crippen molar-refractivity contribution < 1.29 is 9.26 Å². The van der Waals surface area contributed by atoms with Crippen LogP contribution in [-0.2, 0) is 9.26 Å². The fourth-order valence-electron chi connectivity index (χ4n) is 1.95. The van der Waals surface area contributed by atoms with E-state index in [9.17, 15) is 0 Å². The fraction of sp³-hybridized carbons (Fsp3) is 0.500. The van der Waals surface area contributed by atoms with Gasteiger partial charge < -0.3 is 9.26 Å². The molecule has 1 aliphatic rings. The lowest BCUT2D eigenvalue weighted by atomic mass is 9.98. The Morgan fingerprint density at radius 2 is 1.89 bits per heavy atom. The van der Waals surface area contributed by atoms with Gasteiger partial charge in [-0.05, 0) is 25.2 Å². The van der Waals surface area contributed by atoms with Crippen molar-refractivity contribution in [1.29, 1.82) is 0 Å². The van der Waals surface area contributed by atoms with Crippen LogP contribution in [-0.4, -0.2) is 20.3 Å². The van der Waals surface area contributed by atoms with E-state index in [0.717, 1.165) is 17.7 Å². The van der Waals surface area contributed by atoms with Gasteiger partial charge in [0.1, 0.15) is 0 Å². The maximum absolute atomic E-state index is 5.98. The minimum Gasteiger partial charge on any atom is -0.382 e. The van der Waals surface area contributed by atoms with Gasteiger partial charge in [0, 0.05) is 12.3 Å². The molecule has 3 nitrogen and oxygen atoms in total. The van der Waals surface area contributed by atoms with Crippen molar-refractivity contribution in [1.82, 2.24) is 0 Å². The third kappa shape index (κ3) is 3.43. The lowest BCUT2D eigenvalue weighted by Gasteiger charge is -2.32. The molecule has 0 radical (unpaired) electrons. The Labute approximate surface area is 110 Å². The van der Waals surface area contributed by atoms with Crippen molar-refractivity contribution in [3.8, 4) is 0 Å². The molecule has 0 fully saturated rings. The molecular formula is C14H21NO2Si. The van der Waals surface area contributed by atoms with Crippen molar-refractivity contribution in [3.05, 3.63) is 35.9 Å². The summed E-state index contributed by atoms with van der Waals surface area (Å²) in [5.74, 6) is 0.337. The molecular weight excluding hydrogens is 242 g/mol. The smallest absolute Gasteiger partial charge is 0.220 e. The molecule has 0 aromatic heterocycles. The molecule has 0 spiro atoms. The monoisotopic (exact) mass is 263 g/mol. The quantitative estimate of drug-likeness (QED) is 0.780. The summed E-state index contributed by atoms with van der Waals surface area (Å²) >= 11 is 0. The lowest BCUT2D eigenvalue weighted by Crippen LogP contribution is -2.39. The van der Waals surface area contributed by atoms with Gasteiger partial charge in [-0.15, -0.1) is 0 Å². The summed E-state index contributed by atoms with van der Waals surface area (Å²) in [6.07, 6.45) is 0.711. The van der Waals surface area contributed by atoms with E-state index in [1.807, 2.05) is 18.2 Å². The van der Waals surface area contributed by atoms with Gasteiger partial charge in [0.05, 0.1) is 5.71 Å². The molecule has 1 aliphatic heterocycles. The second kappa shape index (κ2) is 5.24. The Balaban J connectivity index is 2.08. The summed E-state index contributed by atoms with van der Waals surface area (Å²) in [5.41, 5.74) is 2.15. The molecule has 1 aromatic carbocycles. The summed E-state index contributed by atoms with van der Waals surface area (Å²) in [7, 11) is -1.58. The average Bonchev–Trinajstić information content (AvgIpc) is 2.31. The molecule has 0 saturated carbocycles. The van der Waals surface area contributed by atoms with Crippen LogP contribution in [0.5, 0.6) is 0 Å². The first-order valence-electron chi connectivity index (χ1n) is 6.41. The molecule has 98 valence electrons. The van der Waals surface area contributed by atoms with Crippen LogP contribution in [0.3, 0.4) is 0 Å². The van der Waals surface area contributed by atoms with Gasteiger partial charge >= 0.3 is 0 Å². The van der Waals surface area contributed by atoms with Crippen LogP contribution in [0, 0.1) is 5.92 Å². The fourth-order valence-corrected chi connectivity index (χ4v) is 2.92. The highest BCUT2D eigenvalue weighted by molar-refractivity contribution is 6.69. The van der Waals surface area contributed by atoms with Gasteiger partial charge in [0.2, 0.25) is 6.29 Å². The molecule has 0 saturated heterocycles. The van der Waals surface area contributed by atoms with Gasteiger partial charge in [0.25, 0.3) is 0 Å². The Morgan fingerprint density at radius 1 is 1.22 bits per heavy atom. The predicted octanol–water partition coefficient (Wildman–Crippen LogP) is 3.62. The topological polar surface area (TPSA) is 30.8 Å². The largest absolute Gasteiger partial charge is 0.382 e. The highest BCUT2D eigenvalue weighted by atomic mass is 28.4. The second-order valence-corrected chi connectivity index (χ2v) is 10.2. The number of hydrogen-bond acceptors (Lipinski definition) is 3. The zero-order valence-electron chi connectivity index (χ0n) is 11.5. The van der Waals surface area contributed by atoms with E-state index in [-0.39, 0.29) is 6.29 Å². The van der Waals surface area contributed by atoms with Crippen LogP contribution in [0.15, 0.2) is 35.5 Å². The first-order chi connectivity index (χ1) is 8.46. The highest BCUT2D eigenvalue weighted by Gasteiger charge is 2.31. The van der Waals surface area contributed by atoms with E-state index < -0.39 is 8.32 Å². The number of nitrogens with zero attached hydrogens (tertiary/aromatic N) is 1. The number of rotatable bonds is 3. The van der Waals surface area contributed by atoms with Gasteiger partial charge in [-0.1, -0.05) is 42.4 Å². The summed E-state index contributed by atoms with van der Waals surface area (Å²) in [5, 5.41) is 4.23. The normalized spacial score (nSPS) is 24.3. The third-order valence-corrected chi connectivity index (χ3v) is 3.76. The molecule has 0 amide bonds. The molecule has 0 aliphatic carbocycles. The molecule has 2 atom stereocenters. The Kier molecular flexibility index (Phi) is 3.87. The van der Waals surface area contributed by atoms with Crippen molar-refractivity contribution in [2.75, 3.05) is 0 Å². The Hall–Kier alpha value is -1.13. The summed E-state index contributed by atoms with van der Waals surface area (Å²) in [6.45, 7) is 8.65. The number of hydrogen-bond donors (Lipinski definition) is 0. The summed E-state index contributed by atoms with van der Waals surface area (Å²) in [6, 6.07) is 10.2. The Morgan fingerprint density at radius 3 is 2.44 bits per heavy atom. The van der Waals surface area contributed by atoms with Crippen LogP contribution in [0.25, 0.3) is 0 Å². The molecule has 0 bridgehead atoms. The van der Waals surface area contributed by atoms with E-state index in [2.05, 4.69) is 43.9 Å². The van der Waals surface area contributed by atoms with Gasteiger partial charge in [-0.2, -0.15) is 0 Å². The minimum absolute atomic E-state index is 0.191. The van der Waals surface area contributed by atoms with Crippen LogP contribution in [0.1, 0.15) is 18.9 Å². The van der Waals surface area contributed by atoms with Crippen LogP contribution in [0.4, 0.5) is 0 Å². The molecule has 1 heterocycles. The zero-order valence-corrected chi connectivity index (χ0v) is 12.5. The minimum atomic E-state index is -1.58. The molecule has 18 heavy (non-hydrogen) atoms. The summed E-state index contributed by atoms with van der Waals surface area (Å²) < 4.78 is 5.98. The lowest BCUT2D eigenvalue weighted by molar-refractivity contribution is -0.123. The van der Waals surface area contributed by atoms with Gasteiger partial charge in [0.15, 0.2) is 8.32 Å². The first-order valence-corrected chi connectivity index (χ1v) is 9.82. The summed E-state index contributed by atoms with van der Waals surface area (Å²) in [4.78, 5) is 5.53. The second-order valence-electron chi connectivity index (χ2n) is 5.79. The highest BCUT2D eigenvalue weighted by Crippen LogP contribution is 2.25. The average molecular weight is 263 g/mol. The first kappa shape index (κ1) is 13.3. The van der Waals surface area contributed by atoms with E-state index in [4.69, 9.17) is 9.26 Å². The van der Waals surface area contributed by atoms with E-state index in [1.54, 1.807) is 0 Å². The van der Waals surface area contributed by atoms with Crippen molar-refractivity contribution in [2.45, 2.75) is 39.3 Å². The maximum Gasteiger partial charge on any atom is 0.220 e. The van der Waals surface area contributed by atoms with E-state index in [0.29, 0.717) is 5.92 Å². The predicted molar refractivity (Wildman–Crippen MR) is 76.1 cm³/mol. The third-order valence-electron chi connectivity index (χ3n) is 2.82. The van der Waals surface area contributed by atoms with Crippen molar-refractivity contribution >= 4 is 14.0 Å². The molecule has 4 heteroatoms. The number of benzene rings is 1. The van der Waals surface area contributed by atoms with Crippen LogP contribution in [0.2, 0.25) is 19.6 Å². The van der Waals surface area contributed by atoms with E-state index >= 15 is 0 Å². The molecule has 0 unspecified atom stereocenters. The van der Waals surface area contributed by atoms with Crippen LogP contribution < -0.4 is 0 Å². The maximum atomic E-state index is 5.98. The van der Waals surface area contributed by atoms with E-state index in [1.165, 1.54) is 0 Å². The van der Waals surface area contributed by atoms with Gasteiger partial charge in [-0.3, -0.25) is 0 Å². The zero-order chi connectivity index (χ0) is 13.2. The molecule has 0 N–H and O–H groups in total. The Bertz CT molecular complexity index is 425.